The highest BCUT2D eigenvalue weighted by atomic mass is 32.1. The molecule has 7 heteroatoms. The van der Waals surface area contributed by atoms with Crippen molar-refractivity contribution in [1.82, 2.24) is 15.0 Å². The molecule has 3 N–H and O–H groups in total. The second-order valence-corrected chi connectivity index (χ2v) is 8.73. The molecule has 4 rings (SSSR count). The lowest BCUT2D eigenvalue weighted by Crippen LogP contribution is -2.30. The molecule has 1 saturated carbocycles. The fraction of sp³-hybridized carbons (Fsp3) is 0.450. The van der Waals surface area contributed by atoms with Crippen molar-refractivity contribution in [3.63, 3.8) is 0 Å². The molecule has 2 aromatic heterocycles. The number of nitrogens with one attached hydrogen (secondary N) is 2. The molecule has 0 bridgehead atoms. The van der Waals surface area contributed by atoms with Crippen LogP contribution in [0.4, 0.5) is 17.5 Å². The Bertz CT molecular complexity index is 951. The van der Waals surface area contributed by atoms with E-state index in [9.17, 15) is 5.11 Å². The molecule has 1 aliphatic carbocycles. The molecule has 1 aliphatic rings. The highest BCUT2D eigenvalue weighted by molar-refractivity contribution is 7.18. The van der Waals surface area contributed by atoms with E-state index >= 15 is 0 Å². The van der Waals surface area contributed by atoms with E-state index in [0.717, 1.165) is 27.7 Å². The number of fused-ring (bicyclic) bond motifs is 1. The van der Waals surface area contributed by atoms with E-state index in [1.54, 1.807) is 11.3 Å². The Morgan fingerprint density at radius 2 is 2.00 bits per heavy atom. The Kier molecular flexibility index (Phi) is 4.97. The van der Waals surface area contributed by atoms with Crippen molar-refractivity contribution in [1.29, 1.82) is 0 Å². The molecule has 27 heavy (non-hydrogen) atoms. The summed E-state index contributed by atoms with van der Waals surface area (Å²) in [6.45, 7) is 6.22. The molecule has 1 atom stereocenters. The summed E-state index contributed by atoms with van der Waals surface area (Å²) >= 11 is 1.70. The average molecular weight is 384 g/mol. The van der Waals surface area contributed by atoms with Gasteiger partial charge in [-0.15, -0.1) is 11.3 Å². The summed E-state index contributed by atoms with van der Waals surface area (Å²) < 4.78 is 1.18. The van der Waals surface area contributed by atoms with Crippen molar-refractivity contribution in [3.05, 3.63) is 35.0 Å². The molecule has 1 fully saturated rings. The van der Waals surface area contributed by atoms with Gasteiger partial charge < -0.3 is 15.7 Å². The number of rotatable bonds is 7. The molecule has 0 aliphatic heterocycles. The van der Waals surface area contributed by atoms with Gasteiger partial charge in [0, 0.05) is 17.7 Å². The van der Waals surface area contributed by atoms with Gasteiger partial charge in [-0.2, -0.15) is 4.98 Å². The fourth-order valence-electron chi connectivity index (χ4n) is 3.04. The summed E-state index contributed by atoms with van der Waals surface area (Å²) in [6.07, 6.45) is 2.35. The number of hydrogen-bond acceptors (Lipinski definition) is 7. The topological polar surface area (TPSA) is 83.0 Å². The van der Waals surface area contributed by atoms with Gasteiger partial charge in [0.15, 0.2) is 0 Å². The number of nitrogens with zero attached hydrogens (tertiary/aromatic N) is 3. The number of aromatic nitrogens is 3. The van der Waals surface area contributed by atoms with E-state index in [0.29, 0.717) is 11.9 Å². The summed E-state index contributed by atoms with van der Waals surface area (Å²) in [5, 5.41) is 17.4. The predicted octanol–water partition coefficient (Wildman–Crippen LogP) is 4.44. The van der Waals surface area contributed by atoms with Crippen molar-refractivity contribution in [3.8, 4) is 0 Å². The summed E-state index contributed by atoms with van der Waals surface area (Å²) in [5.74, 6) is 2.14. The lowest BCUT2D eigenvalue weighted by Gasteiger charge is -2.20. The van der Waals surface area contributed by atoms with Gasteiger partial charge in [-0.3, -0.25) is 0 Å². The predicted molar refractivity (Wildman–Crippen MR) is 111 cm³/mol. The zero-order valence-corrected chi connectivity index (χ0v) is 16.7. The number of benzene rings is 1. The standard InChI is InChI=1S/C20H25N5OS/c1-11(2)17(10-26)24-20-23-15(13-4-5-13)9-19(25-20)22-14-6-7-18-16(8-14)21-12(3)27-18/h6-9,11,13,17,26H,4-5,10H2,1-3H3,(H2,22,23,24,25)/t17-/m1/s1. The van der Waals surface area contributed by atoms with Crippen LogP contribution >= 0.6 is 11.3 Å². The second kappa shape index (κ2) is 7.40. The fourth-order valence-corrected chi connectivity index (χ4v) is 3.85. The largest absolute Gasteiger partial charge is 0.394 e. The molecule has 0 radical (unpaired) electrons. The quantitative estimate of drug-likeness (QED) is 0.559. The number of anilines is 3. The summed E-state index contributed by atoms with van der Waals surface area (Å²) in [5.41, 5.74) is 3.01. The van der Waals surface area contributed by atoms with E-state index in [-0.39, 0.29) is 18.6 Å². The highest BCUT2D eigenvalue weighted by Crippen LogP contribution is 2.40. The van der Waals surface area contributed by atoms with Crippen LogP contribution in [-0.2, 0) is 0 Å². The Morgan fingerprint density at radius 1 is 1.19 bits per heavy atom. The molecule has 2 heterocycles. The maximum absolute atomic E-state index is 9.62. The van der Waals surface area contributed by atoms with Gasteiger partial charge in [-0.05, 0) is 43.9 Å². The maximum Gasteiger partial charge on any atom is 0.225 e. The molecule has 142 valence electrons. The SMILES string of the molecule is Cc1nc2cc(Nc3cc(C4CC4)nc(N[C@H](CO)C(C)C)n3)ccc2s1. The first kappa shape index (κ1) is 18.1. The van der Waals surface area contributed by atoms with Crippen LogP contribution in [0.15, 0.2) is 24.3 Å². The molecule has 0 unspecified atom stereocenters. The van der Waals surface area contributed by atoms with Crippen LogP contribution in [0.2, 0.25) is 0 Å². The Hall–Kier alpha value is -2.25. The summed E-state index contributed by atoms with van der Waals surface area (Å²) in [6, 6.07) is 8.15. The first-order valence-corrected chi connectivity index (χ1v) is 10.2. The zero-order valence-electron chi connectivity index (χ0n) is 15.9. The van der Waals surface area contributed by atoms with Gasteiger partial charge in [0.2, 0.25) is 5.95 Å². The van der Waals surface area contributed by atoms with E-state index < -0.39 is 0 Å². The van der Waals surface area contributed by atoms with Crippen LogP contribution in [0.25, 0.3) is 10.2 Å². The Balaban J connectivity index is 1.62. The highest BCUT2D eigenvalue weighted by Gasteiger charge is 2.26. The summed E-state index contributed by atoms with van der Waals surface area (Å²) in [4.78, 5) is 13.9. The van der Waals surface area contributed by atoms with Crippen molar-refractivity contribution in [2.75, 3.05) is 17.2 Å². The van der Waals surface area contributed by atoms with E-state index in [1.165, 1.54) is 17.5 Å². The number of aliphatic hydroxyl groups excluding tert-OH is 1. The van der Waals surface area contributed by atoms with Gasteiger partial charge in [0.05, 0.1) is 33.6 Å². The second-order valence-electron chi connectivity index (χ2n) is 7.49. The van der Waals surface area contributed by atoms with Crippen LogP contribution in [0.5, 0.6) is 0 Å². The molecule has 1 aromatic carbocycles. The third kappa shape index (κ3) is 4.20. The maximum atomic E-state index is 9.62. The molecule has 0 saturated heterocycles. The first-order valence-electron chi connectivity index (χ1n) is 9.42. The van der Waals surface area contributed by atoms with Gasteiger partial charge in [-0.25, -0.2) is 9.97 Å². The monoisotopic (exact) mass is 383 g/mol. The van der Waals surface area contributed by atoms with Crippen molar-refractivity contribution in [2.45, 2.75) is 45.6 Å². The van der Waals surface area contributed by atoms with E-state index in [4.69, 9.17) is 0 Å². The summed E-state index contributed by atoms with van der Waals surface area (Å²) in [7, 11) is 0. The smallest absolute Gasteiger partial charge is 0.225 e. The minimum atomic E-state index is -0.0679. The lowest BCUT2D eigenvalue weighted by molar-refractivity contribution is 0.248. The molecule has 0 amide bonds. The van der Waals surface area contributed by atoms with Crippen molar-refractivity contribution in [2.24, 2.45) is 5.92 Å². The molecule has 6 nitrogen and oxygen atoms in total. The number of aryl methyl sites for hydroxylation is 1. The van der Waals surface area contributed by atoms with Crippen molar-refractivity contribution >= 4 is 39.0 Å². The van der Waals surface area contributed by atoms with Gasteiger partial charge >= 0.3 is 0 Å². The van der Waals surface area contributed by atoms with E-state index in [2.05, 4.69) is 57.6 Å². The van der Waals surface area contributed by atoms with Crippen LogP contribution < -0.4 is 10.6 Å². The van der Waals surface area contributed by atoms with Gasteiger partial charge in [0.1, 0.15) is 5.82 Å². The third-order valence-corrected chi connectivity index (χ3v) is 5.78. The van der Waals surface area contributed by atoms with Crippen LogP contribution in [0.3, 0.4) is 0 Å². The molecular weight excluding hydrogens is 358 g/mol. The molecule has 0 spiro atoms. The minimum absolute atomic E-state index is 0.0529. The third-order valence-electron chi connectivity index (χ3n) is 4.82. The first-order chi connectivity index (χ1) is 13.0. The Labute approximate surface area is 163 Å². The lowest BCUT2D eigenvalue weighted by atomic mass is 10.1. The number of thiazole rings is 1. The molecular formula is C20H25N5OS. The van der Waals surface area contributed by atoms with Crippen molar-refractivity contribution < 1.29 is 5.11 Å². The normalized spacial score (nSPS) is 15.3. The Morgan fingerprint density at radius 3 is 2.70 bits per heavy atom. The van der Waals surface area contributed by atoms with E-state index in [1.807, 2.05) is 13.0 Å². The van der Waals surface area contributed by atoms with Crippen LogP contribution in [0, 0.1) is 12.8 Å². The van der Waals surface area contributed by atoms with Crippen LogP contribution in [0.1, 0.15) is 43.3 Å². The average Bonchev–Trinajstić information content (AvgIpc) is 3.41. The van der Waals surface area contributed by atoms with Gasteiger partial charge in [-0.1, -0.05) is 13.8 Å². The number of aliphatic hydroxyl groups is 1. The zero-order chi connectivity index (χ0) is 19.0. The van der Waals surface area contributed by atoms with Crippen LogP contribution in [-0.4, -0.2) is 32.7 Å². The van der Waals surface area contributed by atoms with Gasteiger partial charge in [0.25, 0.3) is 0 Å². The minimum Gasteiger partial charge on any atom is -0.394 e. The molecule has 3 aromatic rings. The number of hydrogen-bond donors (Lipinski definition) is 3.